The van der Waals surface area contributed by atoms with E-state index in [-0.39, 0.29) is 35.9 Å². The van der Waals surface area contributed by atoms with Crippen LogP contribution in [0.1, 0.15) is 26.2 Å². The molecule has 0 N–H and O–H groups in total. The summed E-state index contributed by atoms with van der Waals surface area (Å²) in [6, 6.07) is 4.69. The highest BCUT2D eigenvalue weighted by Gasteiger charge is 2.35. The van der Waals surface area contributed by atoms with Crippen molar-refractivity contribution < 1.29 is 32.2 Å². The number of sulfonamides is 1. The number of hydrogen-bond donors (Lipinski definition) is 0. The number of fused-ring (bicyclic) bond motifs is 1. The molecule has 0 unspecified atom stereocenters. The molecule has 0 radical (unpaired) electrons. The lowest BCUT2D eigenvalue weighted by Crippen LogP contribution is -2.53. The molecule has 3 heterocycles. The van der Waals surface area contributed by atoms with Crippen LogP contribution >= 0.6 is 0 Å². The van der Waals surface area contributed by atoms with Gasteiger partial charge in [0.15, 0.2) is 11.5 Å². The zero-order chi connectivity index (χ0) is 23.4. The van der Waals surface area contributed by atoms with Crippen molar-refractivity contribution in [3.8, 4) is 11.5 Å². The fourth-order valence-corrected chi connectivity index (χ4v) is 5.82. The van der Waals surface area contributed by atoms with E-state index in [0.717, 1.165) is 6.42 Å². The molecule has 0 spiro atoms. The van der Waals surface area contributed by atoms with Gasteiger partial charge < -0.3 is 24.0 Å². The van der Waals surface area contributed by atoms with Crippen LogP contribution in [0.3, 0.4) is 0 Å². The first-order chi connectivity index (χ1) is 15.9. The lowest BCUT2D eigenvalue weighted by atomic mass is 9.95. The molecule has 3 aliphatic heterocycles. The molecule has 3 aliphatic rings. The van der Waals surface area contributed by atoms with Gasteiger partial charge in [-0.15, -0.1) is 0 Å². The molecule has 0 aliphatic carbocycles. The molecule has 10 nitrogen and oxygen atoms in total. The van der Waals surface area contributed by atoms with Gasteiger partial charge in [0, 0.05) is 57.7 Å². The van der Waals surface area contributed by atoms with Crippen LogP contribution < -0.4 is 9.47 Å². The molecular formula is C22H31N3O7S. The smallest absolute Gasteiger partial charge is 0.409 e. The first-order valence-electron chi connectivity index (χ1n) is 11.5. The fraction of sp³-hybridized carbons (Fsp3) is 0.636. The maximum Gasteiger partial charge on any atom is 0.409 e. The molecule has 2 amide bonds. The molecule has 182 valence electrons. The number of nitrogens with zero attached hydrogens (tertiary/aromatic N) is 3. The topological polar surface area (TPSA) is 106 Å². The van der Waals surface area contributed by atoms with E-state index >= 15 is 0 Å². The molecule has 0 aromatic heterocycles. The number of carbonyl (C=O) groups excluding carboxylic acids is 2. The highest BCUT2D eigenvalue weighted by Crippen LogP contribution is 2.33. The Kier molecular flexibility index (Phi) is 7.28. The zero-order valence-corrected chi connectivity index (χ0v) is 19.7. The second-order valence-electron chi connectivity index (χ2n) is 8.35. The van der Waals surface area contributed by atoms with Gasteiger partial charge in [0.1, 0.15) is 0 Å². The van der Waals surface area contributed by atoms with Crippen molar-refractivity contribution in [1.29, 1.82) is 0 Å². The van der Waals surface area contributed by atoms with Crippen LogP contribution in [0.4, 0.5) is 4.79 Å². The molecule has 4 rings (SSSR count). The van der Waals surface area contributed by atoms with E-state index in [2.05, 4.69) is 0 Å². The predicted molar refractivity (Wildman–Crippen MR) is 119 cm³/mol. The van der Waals surface area contributed by atoms with Gasteiger partial charge in [-0.2, -0.15) is 4.31 Å². The minimum atomic E-state index is -3.70. The number of ether oxygens (including phenoxy) is 3. The number of likely N-dealkylation sites (tertiary alicyclic amines) is 1. The summed E-state index contributed by atoms with van der Waals surface area (Å²) in [5.74, 6) is 0.874. The monoisotopic (exact) mass is 481 g/mol. The summed E-state index contributed by atoms with van der Waals surface area (Å²) in [7, 11) is -3.70. The second-order valence-corrected chi connectivity index (χ2v) is 10.3. The van der Waals surface area contributed by atoms with Crippen molar-refractivity contribution in [3.63, 3.8) is 0 Å². The zero-order valence-electron chi connectivity index (χ0n) is 18.9. The number of carbonyl (C=O) groups is 2. The fourth-order valence-electron chi connectivity index (χ4n) is 4.38. The highest BCUT2D eigenvalue weighted by atomic mass is 32.2. The highest BCUT2D eigenvalue weighted by molar-refractivity contribution is 7.89. The van der Waals surface area contributed by atoms with Crippen LogP contribution in [0.2, 0.25) is 0 Å². The predicted octanol–water partition coefficient (Wildman–Crippen LogP) is 1.55. The quantitative estimate of drug-likeness (QED) is 0.642. The Morgan fingerprint density at radius 2 is 1.64 bits per heavy atom. The van der Waals surface area contributed by atoms with Gasteiger partial charge in [0.2, 0.25) is 15.9 Å². The van der Waals surface area contributed by atoms with E-state index in [1.807, 2.05) is 0 Å². The number of benzene rings is 1. The molecule has 2 fully saturated rings. The minimum Gasteiger partial charge on any atom is -0.490 e. The SMILES string of the molecule is CCOC(=O)N1CCC(C(=O)N2CCN(S(=O)(=O)c3ccc4c(c3)OCCCO4)CC2)CC1. The Bertz CT molecular complexity index is 968. The van der Waals surface area contributed by atoms with E-state index in [1.54, 1.807) is 22.8 Å². The van der Waals surface area contributed by atoms with Crippen LogP contribution in [-0.4, -0.2) is 93.6 Å². The number of hydrogen-bond acceptors (Lipinski definition) is 7. The van der Waals surface area contributed by atoms with E-state index in [0.29, 0.717) is 70.3 Å². The molecule has 2 saturated heterocycles. The van der Waals surface area contributed by atoms with Crippen LogP contribution in [-0.2, 0) is 19.6 Å². The molecular weight excluding hydrogens is 450 g/mol. The summed E-state index contributed by atoms with van der Waals surface area (Å²) in [5, 5.41) is 0. The molecule has 11 heteroatoms. The van der Waals surface area contributed by atoms with Gasteiger partial charge in [-0.1, -0.05) is 0 Å². The van der Waals surface area contributed by atoms with Crippen molar-refractivity contribution in [2.24, 2.45) is 5.92 Å². The first kappa shape index (κ1) is 23.6. The number of piperidine rings is 1. The van der Waals surface area contributed by atoms with Crippen molar-refractivity contribution >= 4 is 22.0 Å². The largest absolute Gasteiger partial charge is 0.490 e. The van der Waals surface area contributed by atoms with Gasteiger partial charge in [-0.25, -0.2) is 13.2 Å². The van der Waals surface area contributed by atoms with Gasteiger partial charge >= 0.3 is 6.09 Å². The third kappa shape index (κ3) is 5.19. The summed E-state index contributed by atoms with van der Waals surface area (Å²) in [4.78, 5) is 28.4. The molecule has 33 heavy (non-hydrogen) atoms. The van der Waals surface area contributed by atoms with Crippen molar-refractivity contribution in [2.45, 2.75) is 31.1 Å². The third-order valence-electron chi connectivity index (χ3n) is 6.28. The Balaban J connectivity index is 1.32. The van der Waals surface area contributed by atoms with E-state index < -0.39 is 10.0 Å². The number of rotatable bonds is 4. The normalized spacial score (nSPS) is 20.3. The van der Waals surface area contributed by atoms with Crippen LogP contribution in [0, 0.1) is 5.92 Å². The molecule has 1 aromatic rings. The standard InChI is InChI=1S/C22H31N3O7S/c1-2-30-22(27)24-8-6-17(7-9-24)21(26)23-10-12-25(13-11-23)33(28,29)18-4-5-19-20(16-18)32-15-3-14-31-19/h4-5,16-17H,2-3,6-15H2,1H3. The van der Waals surface area contributed by atoms with Gasteiger partial charge in [-0.05, 0) is 31.9 Å². The third-order valence-corrected chi connectivity index (χ3v) is 8.17. The first-order valence-corrected chi connectivity index (χ1v) is 12.9. The van der Waals surface area contributed by atoms with E-state index in [4.69, 9.17) is 14.2 Å². The van der Waals surface area contributed by atoms with Crippen LogP contribution in [0.5, 0.6) is 11.5 Å². The number of piperazine rings is 1. The van der Waals surface area contributed by atoms with E-state index in [1.165, 1.54) is 16.4 Å². The Hall–Kier alpha value is -2.53. The molecule has 1 aromatic carbocycles. The summed E-state index contributed by atoms with van der Waals surface area (Å²) in [6.07, 6.45) is 1.59. The Labute approximate surface area is 194 Å². The van der Waals surface area contributed by atoms with Gasteiger partial charge in [-0.3, -0.25) is 4.79 Å². The van der Waals surface area contributed by atoms with Crippen molar-refractivity contribution in [2.75, 3.05) is 59.1 Å². The molecule has 0 saturated carbocycles. The Morgan fingerprint density at radius 1 is 0.970 bits per heavy atom. The second kappa shape index (κ2) is 10.2. The van der Waals surface area contributed by atoms with Crippen molar-refractivity contribution in [3.05, 3.63) is 18.2 Å². The summed E-state index contributed by atoms with van der Waals surface area (Å²) in [5.41, 5.74) is 0. The minimum absolute atomic E-state index is 0.0335. The summed E-state index contributed by atoms with van der Waals surface area (Å²) in [6.45, 7) is 5.28. The summed E-state index contributed by atoms with van der Waals surface area (Å²) >= 11 is 0. The van der Waals surface area contributed by atoms with Crippen molar-refractivity contribution in [1.82, 2.24) is 14.1 Å². The molecule has 0 bridgehead atoms. The van der Waals surface area contributed by atoms with E-state index in [9.17, 15) is 18.0 Å². The average molecular weight is 482 g/mol. The average Bonchev–Trinajstić information content (AvgIpc) is 3.09. The maximum atomic E-state index is 13.2. The van der Waals surface area contributed by atoms with Crippen LogP contribution in [0.15, 0.2) is 23.1 Å². The summed E-state index contributed by atoms with van der Waals surface area (Å²) < 4.78 is 44.0. The van der Waals surface area contributed by atoms with Gasteiger partial charge in [0.05, 0.1) is 24.7 Å². The lowest BCUT2D eigenvalue weighted by molar-refractivity contribution is -0.138. The maximum absolute atomic E-state index is 13.2. The van der Waals surface area contributed by atoms with Crippen LogP contribution in [0.25, 0.3) is 0 Å². The molecule has 0 atom stereocenters. The number of amides is 2. The Morgan fingerprint density at radius 3 is 2.30 bits per heavy atom. The van der Waals surface area contributed by atoms with Gasteiger partial charge in [0.25, 0.3) is 0 Å². The lowest BCUT2D eigenvalue weighted by Gasteiger charge is -2.38.